The normalized spacial score (nSPS) is 12.6. The lowest BCUT2D eigenvalue weighted by Gasteiger charge is -2.10. The van der Waals surface area contributed by atoms with Gasteiger partial charge in [0.15, 0.2) is 5.78 Å². The van der Waals surface area contributed by atoms with Gasteiger partial charge in [-0.2, -0.15) is 5.48 Å². The molecule has 0 aliphatic rings. The van der Waals surface area contributed by atoms with E-state index in [2.05, 4.69) is 5.48 Å². The van der Waals surface area contributed by atoms with Crippen LogP contribution in [0.3, 0.4) is 0 Å². The fraction of sp³-hybridized carbons (Fsp3) is 0.100. The fourth-order valence-corrected chi connectivity index (χ4v) is 2.73. The first-order valence-electron chi connectivity index (χ1n) is 4.33. The molecule has 0 radical (unpaired) electrons. The van der Waals surface area contributed by atoms with Crippen LogP contribution >= 0.6 is 22.7 Å². The molecule has 0 saturated carbocycles. The van der Waals surface area contributed by atoms with Gasteiger partial charge in [0.2, 0.25) is 0 Å². The minimum Gasteiger partial charge on any atom is -0.316 e. The molecule has 3 nitrogen and oxygen atoms in total. The third kappa shape index (κ3) is 2.15. The minimum atomic E-state index is -0.649. The molecule has 0 saturated heterocycles. The smallest absolute Gasteiger partial charge is 0.197 e. The van der Waals surface area contributed by atoms with Crippen LogP contribution in [0.2, 0.25) is 0 Å². The summed E-state index contributed by atoms with van der Waals surface area (Å²) < 4.78 is 0. The topological polar surface area (TPSA) is 49.3 Å². The van der Waals surface area contributed by atoms with Gasteiger partial charge in [-0.1, -0.05) is 12.1 Å². The summed E-state index contributed by atoms with van der Waals surface area (Å²) in [5.41, 5.74) is 2.06. The molecule has 2 rings (SSSR count). The second-order valence-electron chi connectivity index (χ2n) is 2.92. The summed E-state index contributed by atoms with van der Waals surface area (Å²) in [5, 5.41) is 12.7. The second-order valence-corrected chi connectivity index (χ2v) is 4.85. The summed E-state index contributed by atoms with van der Waals surface area (Å²) >= 11 is 2.82. The van der Waals surface area contributed by atoms with E-state index in [1.807, 2.05) is 29.0 Å². The molecule has 2 aromatic rings. The Bertz CT molecular complexity index is 422. The number of ketones is 1. The number of hydroxylamine groups is 1. The first kappa shape index (κ1) is 10.5. The van der Waals surface area contributed by atoms with Gasteiger partial charge in [-0.3, -0.25) is 4.79 Å². The molecule has 2 aromatic heterocycles. The van der Waals surface area contributed by atoms with Crippen LogP contribution in [-0.4, -0.2) is 11.0 Å². The maximum absolute atomic E-state index is 11.9. The third-order valence-corrected chi connectivity index (χ3v) is 3.80. The molecule has 78 valence electrons. The Morgan fingerprint density at radius 3 is 2.53 bits per heavy atom. The molecule has 0 amide bonds. The lowest BCUT2D eigenvalue weighted by Crippen LogP contribution is -2.24. The number of carbonyl (C=O) groups excluding carboxylic acids is 1. The van der Waals surface area contributed by atoms with Crippen molar-refractivity contribution in [1.82, 2.24) is 5.48 Å². The molecular formula is C10H9NO2S2. The molecule has 2 heterocycles. The average Bonchev–Trinajstić information content (AvgIpc) is 2.91. The second kappa shape index (κ2) is 4.67. The van der Waals surface area contributed by atoms with E-state index >= 15 is 0 Å². The molecule has 1 unspecified atom stereocenters. The minimum absolute atomic E-state index is 0.102. The van der Waals surface area contributed by atoms with Gasteiger partial charge < -0.3 is 5.21 Å². The van der Waals surface area contributed by atoms with Gasteiger partial charge >= 0.3 is 0 Å². The standard InChI is InChI=1S/C10H9NO2S2/c12-10(8-4-2-6-15-8)9(11-13)7-3-1-5-14-7/h1-6,9,11,13H. The number of Topliss-reactive ketones (excluding diaryl/α,β-unsaturated/α-hetero) is 1. The molecule has 0 aliphatic heterocycles. The highest BCUT2D eigenvalue weighted by atomic mass is 32.1. The molecule has 0 aliphatic carbocycles. The average molecular weight is 239 g/mol. The number of thiophene rings is 2. The highest BCUT2D eigenvalue weighted by molar-refractivity contribution is 7.12. The van der Waals surface area contributed by atoms with Crippen molar-refractivity contribution in [3.05, 3.63) is 44.8 Å². The van der Waals surface area contributed by atoms with Crippen molar-refractivity contribution in [2.24, 2.45) is 0 Å². The molecule has 0 spiro atoms. The fourth-order valence-electron chi connectivity index (χ4n) is 1.27. The Hall–Kier alpha value is -1.01. The van der Waals surface area contributed by atoms with Crippen LogP contribution in [0.25, 0.3) is 0 Å². The van der Waals surface area contributed by atoms with Crippen LogP contribution in [-0.2, 0) is 0 Å². The molecule has 0 aromatic carbocycles. The van der Waals surface area contributed by atoms with Gasteiger partial charge in [-0.25, -0.2) is 0 Å². The molecule has 0 bridgehead atoms. The van der Waals surface area contributed by atoms with E-state index in [9.17, 15) is 4.79 Å². The first-order valence-corrected chi connectivity index (χ1v) is 6.09. The van der Waals surface area contributed by atoms with Crippen LogP contribution in [0.15, 0.2) is 35.0 Å². The zero-order chi connectivity index (χ0) is 10.7. The maximum atomic E-state index is 11.9. The summed E-state index contributed by atoms with van der Waals surface area (Å²) in [4.78, 5) is 13.4. The van der Waals surface area contributed by atoms with E-state index < -0.39 is 6.04 Å². The summed E-state index contributed by atoms with van der Waals surface area (Å²) in [5.74, 6) is -0.102. The molecular weight excluding hydrogens is 230 g/mol. The van der Waals surface area contributed by atoms with Gasteiger partial charge in [-0.15, -0.1) is 22.7 Å². The lowest BCUT2D eigenvalue weighted by atomic mass is 10.1. The number of hydrogen-bond donors (Lipinski definition) is 2. The van der Waals surface area contributed by atoms with Gasteiger partial charge in [0.05, 0.1) is 4.88 Å². The van der Waals surface area contributed by atoms with Crippen molar-refractivity contribution in [2.75, 3.05) is 0 Å². The van der Waals surface area contributed by atoms with Gasteiger partial charge in [0, 0.05) is 4.88 Å². The van der Waals surface area contributed by atoms with Crippen LogP contribution in [0.4, 0.5) is 0 Å². The molecule has 15 heavy (non-hydrogen) atoms. The zero-order valence-electron chi connectivity index (χ0n) is 7.71. The molecule has 5 heteroatoms. The quantitative estimate of drug-likeness (QED) is 0.637. The Labute approximate surface area is 95.0 Å². The van der Waals surface area contributed by atoms with E-state index in [4.69, 9.17) is 5.21 Å². The van der Waals surface area contributed by atoms with Gasteiger partial charge in [-0.05, 0) is 22.9 Å². The summed E-state index contributed by atoms with van der Waals surface area (Å²) in [6.45, 7) is 0. The van der Waals surface area contributed by atoms with Crippen molar-refractivity contribution >= 4 is 28.5 Å². The molecule has 2 N–H and O–H groups in total. The largest absolute Gasteiger partial charge is 0.316 e. The molecule has 0 fully saturated rings. The van der Waals surface area contributed by atoms with Crippen molar-refractivity contribution in [3.63, 3.8) is 0 Å². The predicted octanol–water partition coefficient (Wildman–Crippen LogP) is 2.71. The number of rotatable bonds is 4. The van der Waals surface area contributed by atoms with Crippen molar-refractivity contribution in [2.45, 2.75) is 6.04 Å². The van der Waals surface area contributed by atoms with E-state index in [0.717, 1.165) is 4.88 Å². The maximum Gasteiger partial charge on any atom is 0.197 e. The highest BCUT2D eigenvalue weighted by Gasteiger charge is 2.22. The van der Waals surface area contributed by atoms with Crippen molar-refractivity contribution in [3.8, 4) is 0 Å². The third-order valence-electron chi connectivity index (χ3n) is 1.98. The Kier molecular flexibility index (Phi) is 3.27. The van der Waals surface area contributed by atoms with Crippen LogP contribution < -0.4 is 5.48 Å². The van der Waals surface area contributed by atoms with E-state index in [0.29, 0.717) is 4.88 Å². The van der Waals surface area contributed by atoms with E-state index in [-0.39, 0.29) is 5.78 Å². The molecule has 1 atom stereocenters. The summed E-state index contributed by atoms with van der Waals surface area (Å²) in [6, 6.07) is 6.60. The number of nitrogens with one attached hydrogen (secondary N) is 1. The van der Waals surface area contributed by atoms with Crippen LogP contribution in [0, 0.1) is 0 Å². The lowest BCUT2D eigenvalue weighted by molar-refractivity contribution is 0.0773. The highest BCUT2D eigenvalue weighted by Crippen LogP contribution is 2.24. The monoisotopic (exact) mass is 239 g/mol. The van der Waals surface area contributed by atoms with Crippen molar-refractivity contribution in [1.29, 1.82) is 0 Å². The van der Waals surface area contributed by atoms with E-state index in [1.165, 1.54) is 22.7 Å². The predicted molar refractivity (Wildman–Crippen MR) is 60.6 cm³/mol. The van der Waals surface area contributed by atoms with Crippen LogP contribution in [0.1, 0.15) is 20.6 Å². The SMILES string of the molecule is O=C(c1cccs1)C(NO)c1cccs1. The summed E-state index contributed by atoms with van der Waals surface area (Å²) in [7, 11) is 0. The Morgan fingerprint density at radius 1 is 1.27 bits per heavy atom. The van der Waals surface area contributed by atoms with Gasteiger partial charge in [0.1, 0.15) is 6.04 Å². The number of carbonyl (C=O) groups is 1. The number of hydrogen-bond acceptors (Lipinski definition) is 5. The zero-order valence-corrected chi connectivity index (χ0v) is 9.35. The summed E-state index contributed by atoms with van der Waals surface area (Å²) in [6.07, 6.45) is 0. The van der Waals surface area contributed by atoms with Crippen LogP contribution in [0.5, 0.6) is 0 Å². The van der Waals surface area contributed by atoms with E-state index in [1.54, 1.807) is 6.07 Å². The first-order chi connectivity index (χ1) is 7.33. The Morgan fingerprint density at radius 2 is 2.00 bits per heavy atom. The Balaban J connectivity index is 2.25. The van der Waals surface area contributed by atoms with Crippen molar-refractivity contribution < 1.29 is 10.0 Å². The van der Waals surface area contributed by atoms with Gasteiger partial charge in [0.25, 0.3) is 0 Å².